The molecule has 0 radical (unpaired) electrons. The zero-order chi connectivity index (χ0) is 21.2. The molecule has 154 valence electrons. The van der Waals surface area contributed by atoms with Crippen molar-refractivity contribution in [2.75, 3.05) is 18.4 Å². The van der Waals surface area contributed by atoms with E-state index in [9.17, 15) is 9.59 Å². The van der Waals surface area contributed by atoms with Crippen LogP contribution in [-0.2, 0) is 0 Å². The predicted molar refractivity (Wildman–Crippen MR) is 122 cm³/mol. The summed E-state index contributed by atoms with van der Waals surface area (Å²) in [6.07, 6.45) is 0.858. The average molecular weight is 410 g/mol. The van der Waals surface area contributed by atoms with Gasteiger partial charge in [-0.05, 0) is 36.8 Å². The topological polar surface area (TPSA) is 67.2 Å². The van der Waals surface area contributed by atoms with Crippen LogP contribution in [0, 0.1) is 0 Å². The Balaban J connectivity index is 1.49. The molecule has 1 fully saturated rings. The monoisotopic (exact) mass is 410 g/mol. The molecule has 1 amide bonds. The van der Waals surface area contributed by atoms with E-state index < -0.39 is 0 Å². The Morgan fingerprint density at radius 1 is 0.871 bits per heavy atom. The van der Waals surface area contributed by atoms with Gasteiger partial charge < -0.3 is 10.2 Å². The van der Waals surface area contributed by atoms with E-state index in [1.54, 1.807) is 12.1 Å². The molecule has 31 heavy (non-hydrogen) atoms. The molecule has 0 saturated carbocycles. The number of hydrogen-bond acceptors (Lipinski definition) is 4. The fourth-order valence-electron chi connectivity index (χ4n) is 4.07. The van der Waals surface area contributed by atoms with E-state index in [-0.39, 0.29) is 17.5 Å². The molecule has 0 spiro atoms. The molecule has 1 N–H and O–H groups in total. The molecule has 6 heteroatoms. The third-order valence-electron chi connectivity index (χ3n) is 5.63. The standard InChI is InChI=1S/C25H22N4O2/c30-24-22-14-8-7-13-21(22)23(27-29(24)20-11-5-2-6-12-20)25(31)28-16-15-19(17-28)26-18-9-3-1-4-10-18/h1-14,19,26H,15-17H2. The third-order valence-corrected chi connectivity index (χ3v) is 5.63. The van der Waals surface area contributed by atoms with Gasteiger partial charge in [0.15, 0.2) is 5.69 Å². The number of fused-ring (bicyclic) bond motifs is 1. The minimum Gasteiger partial charge on any atom is -0.380 e. The number of benzene rings is 3. The number of nitrogens with one attached hydrogen (secondary N) is 1. The van der Waals surface area contributed by atoms with Crippen molar-refractivity contribution < 1.29 is 4.79 Å². The van der Waals surface area contributed by atoms with Gasteiger partial charge in [0.2, 0.25) is 0 Å². The molecule has 1 unspecified atom stereocenters. The Morgan fingerprint density at radius 3 is 2.26 bits per heavy atom. The Morgan fingerprint density at radius 2 is 1.52 bits per heavy atom. The summed E-state index contributed by atoms with van der Waals surface area (Å²) in [5.41, 5.74) is 1.75. The number of hydrogen-bond donors (Lipinski definition) is 1. The van der Waals surface area contributed by atoms with Crippen molar-refractivity contribution in [1.29, 1.82) is 0 Å². The van der Waals surface area contributed by atoms with Crippen LogP contribution in [0.15, 0.2) is 89.7 Å². The van der Waals surface area contributed by atoms with Crippen LogP contribution in [0.3, 0.4) is 0 Å². The van der Waals surface area contributed by atoms with Gasteiger partial charge in [0.1, 0.15) is 0 Å². The lowest BCUT2D eigenvalue weighted by Crippen LogP contribution is -2.34. The molecule has 0 bridgehead atoms. The summed E-state index contributed by atoms with van der Waals surface area (Å²) in [4.78, 5) is 28.3. The number of amides is 1. The maximum Gasteiger partial charge on any atom is 0.279 e. The van der Waals surface area contributed by atoms with E-state index in [0.717, 1.165) is 12.1 Å². The van der Waals surface area contributed by atoms with Crippen molar-refractivity contribution in [1.82, 2.24) is 14.7 Å². The zero-order valence-electron chi connectivity index (χ0n) is 16.9. The second-order valence-electron chi connectivity index (χ2n) is 7.69. The van der Waals surface area contributed by atoms with Crippen LogP contribution in [0.2, 0.25) is 0 Å². The van der Waals surface area contributed by atoms with Gasteiger partial charge >= 0.3 is 0 Å². The number of nitrogens with zero attached hydrogens (tertiary/aromatic N) is 3. The predicted octanol–water partition coefficient (Wildman–Crippen LogP) is 3.71. The van der Waals surface area contributed by atoms with Crippen LogP contribution in [0.4, 0.5) is 5.69 Å². The molecule has 4 aromatic rings. The van der Waals surface area contributed by atoms with E-state index >= 15 is 0 Å². The van der Waals surface area contributed by atoms with E-state index in [1.807, 2.05) is 77.7 Å². The molecule has 1 saturated heterocycles. The first-order valence-electron chi connectivity index (χ1n) is 10.4. The maximum atomic E-state index is 13.5. The average Bonchev–Trinajstić information content (AvgIpc) is 3.29. The molecular formula is C25H22N4O2. The molecule has 6 nitrogen and oxygen atoms in total. The first kappa shape index (κ1) is 19.1. The second-order valence-corrected chi connectivity index (χ2v) is 7.69. The lowest BCUT2D eigenvalue weighted by atomic mass is 10.1. The smallest absolute Gasteiger partial charge is 0.279 e. The molecule has 5 rings (SSSR count). The number of aromatic nitrogens is 2. The first-order chi connectivity index (χ1) is 15.2. The number of anilines is 1. The minimum atomic E-state index is -0.233. The molecule has 3 aromatic carbocycles. The molecule has 1 atom stereocenters. The summed E-state index contributed by atoms with van der Waals surface area (Å²) in [6, 6.07) is 26.6. The number of rotatable bonds is 4. The van der Waals surface area contributed by atoms with Gasteiger partial charge in [0, 0.05) is 30.2 Å². The molecular weight excluding hydrogens is 388 g/mol. The van der Waals surface area contributed by atoms with Crippen LogP contribution in [0.25, 0.3) is 16.5 Å². The number of carbonyl (C=O) groups excluding carboxylic acids is 1. The molecule has 1 aliphatic rings. The zero-order valence-corrected chi connectivity index (χ0v) is 16.9. The van der Waals surface area contributed by atoms with Crippen molar-refractivity contribution in [2.45, 2.75) is 12.5 Å². The largest absolute Gasteiger partial charge is 0.380 e. The first-order valence-corrected chi connectivity index (χ1v) is 10.4. The Kier molecular flexibility index (Phi) is 4.96. The quantitative estimate of drug-likeness (QED) is 0.557. The van der Waals surface area contributed by atoms with E-state index in [0.29, 0.717) is 35.2 Å². The lowest BCUT2D eigenvalue weighted by Gasteiger charge is -2.19. The van der Waals surface area contributed by atoms with Gasteiger partial charge in [-0.15, -0.1) is 0 Å². The van der Waals surface area contributed by atoms with Crippen molar-refractivity contribution in [3.05, 3.63) is 101 Å². The van der Waals surface area contributed by atoms with Crippen LogP contribution in [0.1, 0.15) is 16.9 Å². The summed E-state index contributed by atoms with van der Waals surface area (Å²) in [7, 11) is 0. The molecule has 1 aromatic heterocycles. The van der Waals surface area contributed by atoms with Crippen LogP contribution >= 0.6 is 0 Å². The van der Waals surface area contributed by atoms with Crippen LogP contribution in [-0.4, -0.2) is 39.7 Å². The van der Waals surface area contributed by atoms with E-state index in [1.165, 1.54) is 4.68 Å². The van der Waals surface area contributed by atoms with Gasteiger partial charge in [-0.1, -0.05) is 54.6 Å². The minimum absolute atomic E-state index is 0.154. The van der Waals surface area contributed by atoms with Crippen LogP contribution < -0.4 is 10.9 Å². The number of likely N-dealkylation sites (tertiary alicyclic amines) is 1. The maximum absolute atomic E-state index is 13.5. The van der Waals surface area contributed by atoms with Gasteiger partial charge in [-0.3, -0.25) is 9.59 Å². The van der Waals surface area contributed by atoms with Crippen molar-refractivity contribution in [2.24, 2.45) is 0 Å². The Labute approximate surface area is 179 Å². The summed E-state index contributed by atoms with van der Waals surface area (Å²) in [6.45, 7) is 1.23. The normalized spacial score (nSPS) is 15.9. The summed E-state index contributed by atoms with van der Waals surface area (Å²) >= 11 is 0. The summed E-state index contributed by atoms with van der Waals surface area (Å²) < 4.78 is 1.32. The fourth-order valence-corrected chi connectivity index (χ4v) is 4.07. The van der Waals surface area contributed by atoms with Gasteiger partial charge in [-0.2, -0.15) is 9.78 Å². The number of para-hydroxylation sites is 2. The van der Waals surface area contributed by atoms with E-state index in [2.05, 4.69) is 10.4 Å². The highest BCUT2D eigenvalue weighted by Crippen LogP contribution is 2.21. The van der Waals surface area contributed by atoms with Gasteiger partial charge in [-0.25, -0.2) is 0 Å². The molecule has 2 heterocycles. The molecule has 0 aliphatic carbocycles. The van der Waals surface area contributed by atoms with Crippen LogP contribution in [0.5, 0.6) is 0 Å². The Hall–Kier alpha value is -3.93. The highest BCUT2D eigenvalue weighted by atomic mass is 16.2. The van der Waals surface area contributed by atoms with Crippen molar-refractivity contribution >= 4 is 22.4 Å². The van der Waals surface area contributed by atoms with Crippen molar-refractivity contribution in [3.63, 3.8) is 0 Å². The summed E-state index contributed by atoms with van der Waals surface area (Å²) in [5, 5.41) is 9.08. The van der Waals surface area contributed by atoms with Gasteiger partial charge in [0.25, 0.3) is 11.5 Å². The fraction of sp³-hybridized carbons (Fsp3) is 0.160. The summed E-state index contributed by atoms with van der Waals surface area (Å²) in [5.74, 6) is -0.154. The molecule has 1 aliphatic heterocycles. The van der Waals surface area contributed by atoms with Crippen molar-refractivity contribution in [3.8, 4) is 5.69 Å². The highest BCUT2D eigenvalue weighted by Gasteiger charge is 2.29. The second kappa shape index (κ2) is 8.07. The highest BCUT2D eigenvalue weighted by molar-refractivity contribution is 6.05. The third kappa shape index (κ3) is 3.68. The lowest BCUT2D eigenvalue weighted by molar-refractivity contribution is 0.0786. The Bertz CT molecular complexity index is 1290. The SMILES string of the molecule is O=C(c1nn(-c2ccccc2)c(=O)c2ccccc12)N1CCC(Nc2ccccc2)C1. The van der Waals surface area contributed by atoms with E-state index in [4.69, 9.17) is 0 Å². The van der Waals surface area contributed by atoms with Gasteiger partial charge in [0.05, 0.1) is 11.1 Å². The number of carbonyl (C=O) groups is 1.